The summed E-state index contributed by atoms with van der Waals surface area (Å²) in [5.41, 5.74) is 3.36. The summed E-state index contributed by atoms with van der Waals surface area (Å²) < 4.78 is 5.21. The summed E-state index contributed by atoms with van der Waals surface area (Å²) in [6, 6.07) is 16.0. The van der Waals surface area contributed by atoms with Crippen LogP contribution < -0.4 is 15.0 Å². The molecule has 0 aliphatic carbocycles. The average molecular weight is 310 g/mol. The zero-order valence-corrected chi connectivity index (χ0v) is 13.6. The first-order valence-corrected chi connectivity index (χ1v) is 7.89. The molecular formula is C19H22N2O2. The number of fused-ring (bicyclic) bond motifs is 1. The number of carbonyl (C=O) groups excluding carboxylic acids is 1. The molecule has 3 rings (SSSR count). The zero-order valence-electron chi connectivity index (χ0n) is 13.6. The molecule has 1 heterocycles. The lowest BCUT2D eigenvalue weighted by Gasteiger charge is -2.33. The third kappa shape index (κ3) is 3.47. The molecule has 2 aromatic rings. The van der Waals surface area contributed by atoms with Crippen molar-refractivity contribution in [3.63, 3.8) is 0 Å². The third-order valence-electron chi connectivity index (χ3n) is 4.31. The van der Waals surface area contributed by atoms with Gasteiger partial charge in [0, 0.05) is 19.3 Å². The van der Waals surface area contributed by atoms with Crippen LogP contribution in [-0.4, -0.2) is 26.6 Å². The molecule has 4 heteroatoms. The molecule has 1 amide bonds. The SMILES string of the molecule is COc1cccc(CC(=O)NC2CCN(C)c3ccccc32)c1. The summed E-state index contributed by atoms with van der Waals surface area (Å²) in [5, 5.41) is 3.18. The van der Waals surface area contributed by atoms with Crippen LogP contribution in [-0.2, 0) is 11.2 Å². The van der Waals surface area contributed by atoms with E-state index in [1.165, 1.54) is 11.3 Å². The molecule has 0 spiro atoms. The molecule has 1 aliphatic heterocycles. The summed E-state index contributed by atoms with van der Waals surface area (Å²) in [6.07, 6.45) is 1.29. The summed E-state index contributed by atoms with van der Waals surface area (Å²) in [6.45, 7) is 0.946. The maximum absolute atomic E-state index is 12.4. The van der Waals surface area contributed by atoms with E-state index in [1.54, 1.807) is 7.11 Å². The maximum Gasteiger partial charge on any atom is 0.224 e. The van der Waals surface area contributed by atoms with E-state index in [-0.39, 0.29) is 11.9 Å². The van der Waals surface area contributed by atoms with Gasteiger partial charge < -0.3 is 15.0 Å². The summed E-state index contributed by atoms with van der Waals surface area (Å²) in [5.74, 6) is 0.822. The second kappa shape index (κ2) is 6.73. The third-order valence-corrected chi connectivity index (χ3v) is 4.31. The molecule has 1 N–H and O–H groups in total. The molecule has 1 unspecified atom stereocenters. The number of hydrogen-bond acceptors (Lipinski definition) is 3. The average Bonchev–Trinajstić information content (AvgIpc) is 2.58. The van der Waals surface area contributed by atoms with Crippen LogP contribution in [0, 0.1) is 0 Å². The first-order chi connectivity index (χ1) is 11.2. The van der Waals surface area contributed by atoms with Crippen LogP contribution in [0.15, 0.2) is 48.5 Å². The lowest BCUT2D eigenvalue weighted by molar-refractivity contribution is -0.121. The molecule has 0 saturated heterocycles. The van der Waals surface area contributed by atoms with Crippen LogP contribution in [0.1, 0.15) is 23.6 Å². The van der Waals surface area contributed by atoms with Crippen molar-refractivity contribution in [1.29, 1.82) is 0 Å². The number of hydrogen-bond donors (Lipinski definition) is 1. The normalized spacial score (nSPS) is 16.6. The largest absolute Gasteiger partial charge is 0.497 e. The highest BCUT2D eigenvalue weighted by molar-refractivity contribution is 5.79. The Bertz CT molecular complexity index is 699. The summed E-state index contributed by atoms with van der Waals surface area (Å²) in [4.78, 5) is 14.6. The Labute approximate surface area is 137 Å². The van der Waals surface area contributed by atoms with Crippen LogP contribution in [0.3, 0.4) is 0 Å². The monoisotopic (exact) mass is 310 g/mol. The van der Waals surface area contributed by atoms with E-state index in [0.717, 1.165) is 24.3 Å². The van der Waals surface area contributed by atoms with Gasteiger partial charge in [0.2, 0.25) is 5.91 Å². The van der Waals surface area contributed by atoms with E-state index in [0.29, 0.717) is 6.42 Å². The van der Waals surface area contributed by atoms with Crippen molar-refractivity contribution in [2.24, 2.45) is 0 Å². The Morgan fingerprint density at radius 1 is 1.26 bits per heavy atom. The number of para-hydroxylation sites is 1. The number of amides is 1. The summed E-state index contributed by atoms with van der Waals surface area (Å²) in [7, 11) is 3.72. The number of anilines is 1. The number of methoxy groups -OCH3 is 1. The Morgan fingerprint density at radius 2 is 2.09 bits per heavy atom. The first kappa shape index (κ1) is 15.4. The molecular weight excluding hydrogens is 288 g/mol. The van der Waals surface area contributed by atoms with E-state index < -0.39 is 0 Å². The van der Waals surface area contributed by atoms with Crippen molar-refractivity contribution < 1.29 is 9.53 Å². The van der Waals surface area contributed by atoms with Crippen molar-refractivity contribution in [3.05, 3.63) is 59.7 Å². The minimum absolute atomic E-state index is 0.0441. The molecule has 0 aromatic heterocycles. The fourth-order valence-electron chi connectivity index (χ4n) is 3.09. The van der Waals surface area contributed by atoms with E-state index in [9.17, 15) is 4.79 Å². The second-order valence-corrected chi connectivity index (χ2v) is 5.92. The van der Waals surface area contributed by atoms with Gasteiger partial charge in [0.25, 0.3) is 0 Å². The molecule has 120 valence electrons. The molecule has 1 atom stereocenters. The topological polar surface area (TPSA) is 41.6 Å². The number of ether oxygens (including phenoxy) is 1. The smallest absolute Gasteiger partial charge is 0.224 e. The fourth-order valence-corrected chi connectivity index (χ4v) is 3.09. The van der Waals surface area contributed by atoms with Gasteiger partial charge in [0.15, 0.2) is 0 Å². The lowest BCUT2D eigenvalue weighted by Crippen LogP contribution is -2.37. The van der Waals surface area contributed by atoms with Crippen molar-refractivity contribution in [3.8, 4) is 5.75 Å². The molecule has 0 radical (unpaired) electrons. The van der Waals surface area contributed by atoms with Crippen LogP contribution >= 0.6 is 0 Å². The highest BCUT2D eigenvalue weighted by Crippen LogP contribution is 2.32. The van der Waals surface area contributed by atoms with Gasteiger partial charge in [-0.3, -0.25) is 4.79 Å². The number of benzene rings is 2. The van der Waals surface area contributed by atoms with Gasteiger partial charge in [-0.2, -0.15) is 0 Å². The Hall–Kier alpha value is -2.49. The van der Waals surface area contributed by atoms with Gasteiger partial charge in [0.05, 0.1) is 19.6 Å². The highest BCUT2D eigenvalue weighted by atomic mass is 16.5. The molecule has 4 nitrogen and oxygen atoms in total. The van der Waals surface area contributed by atoms with Crippen LogP contribution in [0.2, 0.25) is 0 Å². The Morgan fingerprint density at radius 3 is 2.91 bits per heavy atom. The van der Waals surface area contributed by atoms with E-state index >= 15 is 0 Å². The number of nitrogens with zero attached hydrogens (tertiary/aromatic N) is 1. The summed E-state index contributed by atoms with van der Waals surface area (Å²) >= 11 is 0. The number of rotatable bonds is 4. The molecule has 0 saturated carbocycles. The predicted octanol–water partition coefficient (Wildman–Crippen LogP) is 2.94. The fraction of sp³-hybridized carbons (Fsp3) is 0.316. The van der Waals surface area contributed by atoms with Gasteiger partial charge in [-0.05, 0) is 35.7 Å². The van der Waals surface area contributed by atoms with Gasteiger partial charge in [0.1, 0.15) is 5.75 Å². The highest BCUT2D eigenvalue weighted by Gasteiger charge is 2.24. The quantitative estimate of drug-likeness (QED) is 0.944. The van der Waals surface area contributed by atoms with Crippen molar-refractivity contribution in [2.45, 2.75) is 18.9 Å². The second-order valence-electron chi connectivity index (χ2n) is 5.92. The minimum Gasteiger partial charge on any atom is -0.497 e. The molecule has 0 fully saturated rings. The minimum atomic E-state index is 0.0441. The van der Waals surface area contributed by atoms with Gasteiger partial charge in [-0.1, -0.05) is 30.3 Å². The van der Waals surface area contributed by atoms with Crippen LogP contribution in [0.5, 0.6) is 5.75 Å². The molecule has 2 aromatic carbocycles. The first-order valence-electron chi connectivity index (χ1n) is 7.89. The van der Waals surface area contributed by atoms with Gasteiger partial charge >= 0.3 is 0 Å². The van der Waals surface area contributed by atoms with E-state index in [2.05, 4.69) is 29.4 Å². The maximum atomic E-state index is 12.4. The Balaban J connectivity index is 1.70. The van der Waals surface area contributed by atoms with Crippen LogP contribution in [0.25, 0.3) is 0 Å². The number of nitrogens with one attached hydrogen (secondary N) is 1. The van der Waals surface area contributed by atoms with Crippen molar-refractivity contribution in [2.75, 3.05) is 25.6 Å². The molecule has 0 bridgehead atoms. The standard InChI is InChI=1S/C19H22N2O2/c1-21-11-10-17(16-8-3-4-9-18(16)21)20-19(22)13-14-6-5-7-15(12-14)23-2/h3-9,12,17H,10-11,13H2,1-2H3,(H,20,22). The van der Waals surface area contributed by atoms with Crippen molar-refractivity contribution >= 4 is 11.6 Å². The van der Waals surface area contributed by atoms with Crippen LogP contribution in [0.4, 0.5) is 5.69 Å². The molecule has 1 aliphatic rings. The zero-order chi connectivity index (χ0) is 16.2. The van der Waals surface area contributed by atoms with Crippen molar-refractivity contribution in [1.82, 2.24) is 5.32 Å². The number of carbonyl (C=O) groups is 1. The van der Waals surface area contributed by atoms with E-state index in [4.69, 9.17) is 4.74 Å². The van der Waals surface area contributed by atoms with Gasteiger partial charge in [-0.15, -0.1) is 0 Å². The molecule has 23 heavy (non-hydrogen) atoms. The van der Waals surface area contributed by atoms with E-state index in [1.807, 2.05) is 36.4 Å². The lowest BCUT2D eigenvalue weighted by atomic mass is 9.96. The van der Waals surface area contributed by atoms with Gasteiger partial charge in [-0.25, -0.2) is 0 Å². The Kier molecular flexibility index (Phi) is 4.51. The predicted molar refractivity (Wildman–Crippen MR) is 91.9 cm³/mol.